The van der Waals surface area contributed by atoms with Gasteiger partial charge in [-0.3, -0.25) is 0 Å². The lowest BCUT2D eigenvalue weighted by Gasteiger charge is -2.02. The summed E-state index contributed by atoms with van der Waals surface area (Å²) in [5, 5.41) is 0. The van der Waals surface area contributed by atoms with Crippen molar-refractivity contribution < 1.29 is 4.39 Å². The Kier molecular flexibility index (Phi) is 2.75. The molecule has 0 aromatic heterocycles. The van der Waals surface area contributed by atoms with Crippen LogP contribution in [0.3, 0.4) is 0 Å². The third kappa shape index (κ3) is 2.08. The first-order chi connectivity index (χ1) is 8.72. The van der Waals surface area contributed by atoms with Gasteiger partial charge in [0, 0.05) is 0 Å². The van der Waals surface area contributed by atoms with Crippen molar-refractivity contribution in [1.29, 1.82) is 0 Å². The summed E-state index contributed by atoms with van der Waals surface area (Å²) in [6.45, 7) is 2.13. The topological polar surface area (TPSA) is 0 Å². The molecule has 18 heavy (non-hydrogen) atoms. The summed E-state index contributed by atoms with van der Waals surface area (Å²) in [4.78, 5) is 0. The molecule has 0 aliphatic heterocycles. The Bertz CT molecular complexity index is 606. The van der Waals surface area contributed by atoms with Crippen LogP contribution in [0.1, 0.15) is 28.7 Å². The van der Waals surface area contributed by atoms with Gasteiger partial charge in [-0.2, -0.15) is 0 Å². The highest BCUT2D eigenvalue weighted by atomic mass is 19.1. The van der Waals surface area contributed by atoms with Crippen molar-refractivity contribution in [1.82, 2.24) is 0 Å². The van der Waals surface area contributed by atoms with E-state index < -0.39 is 0 Å². The van der Waals surface area contributed by atoms with E-state index in [1.807, 2.05) is 12.1 Å². The van der Waals surface area contributed by atoms with Crippen molar-refractivity contribution in [3.05, 3.63) is 70.5 Å². The maximum absolute atomic E-state index is 12.9. The lowest BCUT2D eigenvalue weighted by molar-refractivity contribution is 0.628. The Morgan fingerprint density at radius 3 is 2.56 bits per heavy atom. The van der Waals surface area contributed by atoms with Crippen LogP contribution in [-0.4, -0.2) is 0 Å². The van der Waals surface area contributed by atoms with Crippen LogP contribution in [0.5, 0.6) is 0 Å². The zero-order chi connectivity index (χ0) is 12.5. The van der Waals surface area contributed by atoms with Gasteiger partial charge in [-0.1, -0.05) is 42.0 Å². The smallest absolute Gasteiger partial charge is 0.123 e. The van der Waals surface area contributed by atoms with Gasteiger partial charge in [-0.15, -0.1) is 0 Å². The predicted octanol–water partition coefficient (Wildman–Crippen LogP) is 4.62. The lowest BCUT2D eigenvalue weighted by Crippen LogP contribution is -1.83. The molecule has 0 radical (unpaired) electrons. The number of aryl methyl sites for hydroxylation is 2. The molecule has 0 nitrogen and oxygen atoms in total. The standard InChI is InChI=1S/C17H15F/c1-12-2-9-17-14(10-12)5-6-15(17)11-13-3-7-16(18)8-4-13/h2-4,7-11H,5-6H2,1H3/b15-11+. The van der Waals surface area contributed by atoms with Crippen molar-refractivity contribution in [2.45, 2.75) is 19.8 Å². The van der Waals surface area contributed by atoms with E-state index >= 15 is 0 Å². The summed E-state index contributed by atoms with van der Waals surface area (Å²) < 4.78 is 12.9. The summed E-state index contributed by atoms with van der Waals surface area (Å²) in [5.41, 5.74) is 6.53. The Morgan fingerprint density at radius 1 is 1.00 bits per heavy atom. The molecule has 1 aliphatic rings. The fourth-order valence-corrected chi connectivity index (χ4v) is 2.56. The fraction of sp³-hybridized carbons (Fsp3) is 0.176. The summed E-state index contributed by atoms with van der Waals surface area (Å²) in [7, 11) is 0. The minimum Gasteiger partial charge on any atom is -0.207 e. The van der Waals surface area contributed by atoms with Crippen LogP contribution in [0.4, 0.5) is 4.39 Å². The summed E-state index contributed by atoms with van der Waals surface area (Å²) >= 11 is 0. The lowest BCUT2D eigenvalue weighted by atomic mass is 10.0. The first-order valence-electron chi connectivity index (χ1n) is 6.28. The molecule has 0 atom stereocenters. The van der Waals surface area contributed by atoms with Crippen molar-refractivity contribution in [3.8, 4) is 0 Å². The second-order valence-electron chi connectivity index (χ2n) is 4.88. The molecular weight excluding hydrogens is 223 g/mol. The van der Waals surface area contributed by atoms with Gasteiger partial charge in [0.15, 0.2) is 0 Å². The first kappa shape index (κ1) is 11.2. The minimum absolute atomic E-state index is 0.181. The molecule has 2 aromatic rings. The fourth-order valence-electron chi connectivity index (χ4n) is 2.56. The molecule has 0 spiro atoms. The monoisotopic (exact) mass is 238 g/mol. The molecule has 0 saturated heterocycles. The maximum atomic E-state index is 12.9. The van der Waals surface area contributed by atoms with E-state index in [1.54, 1.807) is 0 Å². The van der Waals surface area contributed by atoms with Crippen molar-refractivity contribution in [2.75, 3.05) is 0 Å². The highest BCUT2D eigenvalue weighted by molar-refractivity contribution is 5.85. The quantitative estimate of drug-likeness (QED) is 0.680. The average molecular weight is 238 g/mol. The van der Waals surface area contributed by atoms with Gasteiger partial charge in [0.1, 0.15) is 5.82 Å². The molecule has 0 N–H and O–H groups in total. The normalized spacial score (nSPS) is 16.0. The highest BCUT2D eigenvalue weighted by Gasteiger charge is 2.15. The van der Waals surface area contributed by atoms with E-state index in [4.69, 9.17) is 0 Å². The number of rotatable bonds is 1. The Balaban J connectivity index is 1.98. The molecule has 0 fully saturated rings. The third-order valence-corrected chi connectivity index (χ3v) is 3.48. The van der Waals surface area contributed by atoms with Gasteiger partial charge in [0.05, 0.1) is 0 Å². The van der Waals surface area contributed by atoms with Gasteiger partial charge >= 0.3 is 0 Å². The third-order valence-electron chi connectivity index (χ3n) is 3.48. The number of fused-ring (bicyclic) bond motifs is 1. The second-order valence-corrected chi connectivity index (χ2v) is 4.88. The van der Waals surface area contributed by atoms with Crippen LogP contribution in [0.2, 0.25) is 0 Å². The number of benzene rings is 2. The van der Waals surface area contributed by atoms with E-state index in [0.717, 1.165) is 18.4 Å². The van der Waals surface area contributed by atoms with E-state index in [1.165, 1.54) is 34.4 Å². The molecule has 0 unspecified atom stereocenters. The van der Waals surface area contributed by atoms with E-state index in [2.05, 4.69) is 31.2 Å². The molecule has 2 aromatic carbocycles. The molecule has 90 valence electrons. The molecule has 1 heteroatoms. The summed E-state index contributed by atoms with van der Waals surface area (Å²) in [5.74, 6) is -0.181. The molecule has 1 aliphatic carbocycles. The number of hydrogen-bond acceptors (Lipinski definition) is 0. The Morgan fingerprint density at radius 2 is 1.78 bits per heavy atom. The van der Waals surface area contributed by atoms with Crippen molar-refractivity contribution in [2.24, 2.45) is 0 Å². The molecule has 3 rings (SSSR count). The van der Waals surface area contributed by atoms with Crippen LogP contribution >= 0.6 is 0 Å². The van der Waals surface area contributed by atoms with Crippen molar-refractivity contribution in [3.63, 3.8) is 0 Å². The Hall–Kier alpha value is -1.89. The molecule has 0 amide bonds. The first-order valence-corrected chi connectivity index (χ1v) is 6.28. The van der Waals surface area contributed by atoms with Crippen LogP contribution < -0.4 is 0 Å². The SMILES string of the molecule is Cc1ccc2c(c1)CC/C2=C\c1ccc(F)cc1. The van der Waals surface area contributed by atoms with Crippen LogP contribution in [0.15, 0.2) is 42.5 Å². The van der Waals surface area contributed by atoms with Gasteiger partial charge in [-0.05, 0) is 54.2 Å². The van der Waals surface area contributed by atoms with Crippen LogP contribution in [0.25, 0.3) is 11.6 Å². The zero-order valence-corrected chi connectivity index (χ0v) is 10.4. The van der Waals surface area contributed by atoms with Gasteiger partial charge < -0.3 is 0 Å². The minimum atomic E-state index is -0.181. The Labute approximate surface area is 107 Å². The largest absolute Gasteiger partial charge is 0.207 e. The van der Waals surface area contributed by atoms with E-state index in [0.29, 0.717) is 0 Å². The zero-order valence-electron chi connectivity index (χ0n) is 10.4. The average Bonchev–Trinajstić information content (AvgIpc) is 2.74. The second kappa shape index (κ2) is 4.41. The summed E-state index contributed by atoms with van der Waals surface area (Å²) in [6.07, 6.45) is 4.36. The van der Waals surface area contributed by atoms with E-state index in [9.17, 15) is 4.39 Å². The number of allylic oxidation sites excluding steroid dienone is 1. The molecule has 0 heterocycles. The van der Waals surface area contributed by atoms with E-state index in [-0.39, 0.29) is 5.82 Å². The number of hydrogen-bond donors (Lipinski definition) is 0. The predicted molar refractivity (Wildman–Crippen MR) is 73.8 cm³/mol. The van der Waals surface area contributed by atoms with Crippen LogP contribution in [-0.2, 0) is 6.42 Å². The van der Waals surface area contributed by atoms with Crippen LogP contribution in [0, 0.1) is 12.7 Å². The number of halogens is 1. The van der Waals surface area contributed by atoms with Gasteiger partial charge in [0.2, 0.25) is 0 Å². The highest BCUT2D eigenvalue weighted by Crippen LogP contribution is 2.34. The molecule has 0 bridgehead atoms. The van der Waals surface area contributed by atoms with Crippen molar-refractivity contribution >= 4 is 11.6 Å². The van der Waals surface area contributed by atoms with Gasteiger partial charge in [-0.25, -0.2) is 4.39 Å². The summed E-state index contributed by atoms with van der Waals surface area (Å²) in [6, 6.07) is 13.3. The van der Waals surface area contributed by atoms with Gasteiger partial charge in [0.25, 0.3) is 0 Å². The molecular formula is C17H15F. The maximum Gasteiger partial charge on any atom is 0.123 e. The molecule has 0 saturated carbocycles.